The maximum absolute atomic E-state index is 6.77. The molecule has 0 saturated carbocycles. The lowest BCUT2D eigenvalue weighted by molar-refractivity contribution is 0.668. The van der Waals surface area contributed by atoms with E-state index in [0.717, 1.165) is 55.0 Å². The van der Waals surface area contributed by atoms with Gasteiger partial charge in [0.2, 0.25) is 0 Å². The normalized spacial score (nSPS) is 12.0. The third-order valence-corrected chi connectivity index (χ3v) is 17.0. The van der Waals surface area contributed by atoms with Crippen molar-refractivity contribution in [3.05, 3.63) is 279 Å². The summed E-state index contributed by atoms with van der Waals surface area (Å²) >= 11 is 0. The van der Waals surface area contributed by atoms with Crippen molar-refractivity contribution in [2.45, 2.75) is 0 Å². The molecule has 0 atom stereocenters. The van der Waals surface area contributed by atoms with E-state index in [1.807, 2.05) is 6.07 Å². The highest BCUT2D eigenvalue weighted by Crippen LogP contribution is 2.50. The van der Waals surface area contributed by atoms with E-state index in [9.17, 15) is 0 Å². The summed E-state index contributed by atoms with van der Waals surface area (Å²) in [7, 11) is 0. The van der Waals surface area contributed by atoms with Crippen molar-refractivity contribution in [1.29, 1.82) is 0 Å². The monoisotopic (exact) mass is 1010 g/mol. The van der Waals surface area contributed by atoms with E-state index >= 15 is 0 Å². The van der Waals surface area contributed by atoms with Gasteiger partial charge in [0.05, 0.1) is 0 Å². The van der Waals surface area contributed by atoms with Crippen molar-refractivity contribution >= 4 is 109 Å². The largest absolute Gasteiger partial charge is 0.456 e. The van der Waals surface area contributed by atoms with Crippen LogP contribution < -0.4 is 0 Å². The molecule has 0 saturated heterocycles. The lowest BCUT2D eigenvalue weighted by atomic mass is 9.83. The van der Waals surface area contributed by atoms with Crippen molar-refractivity contribution < 1.29 is 8.83 Å². The van der Waals surface area contributed by atoms with Crippen molar-refractivity contribution in [1.82, 2.24) is 0 Å². The zero-order valence-electron chi connectivity index (χ0n) is 43.4. The van der Waals surface area contributed by atoms with Crippen LogP contribution in [-0.2, 0) is 0 Å². The molecule has 0 aliphatic rings. The van der Waals surface area contributed by atoms with Crippen LogP contribution in [0.4, 0.5) is 0 Å². The van der Waals surface area contributed by atoms with Crippen LogP contribution >= 0.6 is 0 Å². The topological polar surface area (TPSA) is 26.3 Å². The molecule has 0 amide bonds. The Morgan fingerprint density at radius 1 is 0.163 bits per heavy atom. The number of hydrogen-bond acceptors (Lipinski definition) is 2. The lowest BCUT2D eigenvalue weighted by Crippen LogP contribution is -1.92. The van der Waals surface area contributed by atoms with Gasteiger partial charge in [0.1, 0.15) is 22.3 Å². The number of para-hydroxylation sites is 1. The third-order valence-electron chi connectivity index (χ3n) is 17.0. The molecule has 0 bridgehead atoms. The molecule has 17 rings (SSSR count). The molecule has 17 aromatic rings. The molecule has 2 nitrogen and oxygen atoms in total. The van der Waals surface area contributed by atoms with E-state index in [4.69, 9.17) is 8.83 Å². The Morgan fingerprint density at radius 3 is 1.14 bits per heavy atom. The Balaban J connectivity index is 0.783. The summed E-state index contributed by atoms with van der Waals surface area (Å²) < 4.78 is 13.1. The van der Waals surface area contributed by atoms with Gasteiger partial charge in [-0.15, -0.1) is 0 Å². The summed E-state index contributed by atoms with van der Waals surface area (Å²) in [6, 6.07) is 102. The number of rotatable bonds is 6. The standard InChI is InChI=1S/C78H46O2/c1-2-18-47(19-3-1)53-20-4-7-24-58(53)77-63-29-12-8-25-59(63)75(60-26-9-13-30-64(60)77)52-38-41-73-69(45-52)57-39-36-49(46-74(57)80-73)48-34-35-50-43-70(55-22-6-5-21-54(55)67(50)42-48)78-65-31-14-10-27-61(65)76(62-28-11-15-32-66(62)78)51-37-40-72-68(44-51)56-23-16-17-33-71(56)79-72/h1-46H. The molecule has 0 aliphatic heterocycles. The van der Waals surface area contributed by atoms with Gasteiger partial charge in [-0.05, 0) is 186 Å². The number of furan rings is 2. The molecule has 2 aromatic heterocycles. The smallest absolute Gasteiger partial charge is 0.136 e. The second-order valence-corrected chi connectivity index (χ2v) is 21.3. The zero-order valence-corrected chi connectivity index (χ0v) is 43.4. The van der Waals surface area contributed by atoms with Gasteiger partial charge in [-0.1, -0.05) is 224 Å². The molecule has 370 valence electrons. The van der Waals surface area contributed by atoms with Crippen LogP contribution in [0.15, 0.2) is 288 Å². The predicted molar refractivity (Wildman–Crippen MR) is 339 cm³/mol. The summed E-state index contributed by atoms with van der Waals surface area (Å²) in [5, 5.41) is 19.2. The van der Waals surface area contributed by atoms with E-state index in [1.54, 1.807) is 0 Å². The highest BCUT2D eigenvalue weighted by molar-refractivity contribution is 6.27. The minimum atomic E-state index is 0.873. The molecule has 0 fully saturated rings. The van der Waals surface area contributed by atoms with Crippen molar-refractivity contribution in [2.24, 2.45) is 0 Å². The second kappa shape index (κ2) is 17.5. The van der Waals surface area contributed by atoms with Gasteiger partial charge in [-0.3, -0.25) is 0 Å². The van der Waals surface area contributed by atoms with E-state index in [-0.39, 0.29) is 0 Å². The molecular formula is C78H46O2. The maximum Gasteiger partial charge on any atom is 0.136 e. The fourth-order valence-electron chi connectivity index (χ4n) is 13.5. The molecule has 0 radical (unpaired) electrons. The van der Waals surface area contributed by atoms with E-state index in [0.29, 0.717) is 0 Å². The highest BCUT2D eigenvalue weighted by Gasteiger charge is 2.23. The van der Waals surface area contributed by atoms with Gasteiger partial charge >= 0.3 is 0 Å². The molecule has 0 unspecified atom stereocenters. The van der Waals surface area contributed by atoms with Crippen LogP contribution in [0, 0.1) is 0 Å². The molecular weight excluding hydrogens is 969 g/mol. The Morgan fingerprint density at radius 2 is 0.550 bits per heavy atom. The van der Waals surface area contributed by atoms with Gasteiger partial charge in [-0.2, -0.15) is 0 Å². The molecule has 2 heterocycles. The van der Waals surface area contributed by atoms with E-state index in [1.165, 1.54) is 120 Å². The number of benzene rings is 15. The fourth-order valence-corrected chi connectivity index (χ4v) is 13.5. The average Bonchev–Trinajstić information content (AvgIpc) is 4.08. The van der Waals surface area contributed by atoms with Crippen LogP contribution in [0.2, 0.25) is 0 Å². The first kappa shape index (κ1) is 44.6. The van der Waals surface area contributed by atoms with Gasteiger partial charge in [0.15, 0.2) is 0 Å². The Labute approximate surface area is 460 Å². The quantitative estimate of drug-likeness (QED) is 0.123. The maximum atomic E-state index is 6.77. The highest BCUT2D eigenvalue weighted by atomic mass is 16.3. The third kappa shape index (κ3) is 6.73. The van der Waals surface area contributed by atoms with E-state index < -0.39 is 0 Å². The Hall–Kier alpha value is -10.5. The minimum Gasteiger partial charge on any atom is -0.456 e. The van der Waals surface area contributed by atoms with Crippen LogP contribution in [0.1, 0.15) is 0 Å². The first-order chi connectivity index (χ1) is 39.7. The molecule has 15 aromatic carbocycles. The van der Waals surface area contributed by atoms with Crippen LogP contribution in [0.25, 0.3) is 175 Å². The second-order valence-electron chi connectivity index (χ2n) is 21.3. The molecule has 80 heavy (non-hydrogen) atoms. The molecule has 2 heteroatoms. The first-order valence-corrected chi connectivity index (χ1v) is 27.5. The SMILES string of the molecule is c1ccc(-c2ccccc2-c2c3ccccc3c(-c3ccc4oc5cc(-c6ccc7cc(-c8c9ccccc9c(-c9ccc%10oc%11ccccc%11c%10c9)c9ccccc89)c8ccccc8c7c6)ccc5c4c3)c3ccccc23)cc1. The summed E-state index contributed by atoms with van der Waals surface area (Å²) in [6.45, 7) is 0. The van der Waals surface area contributed by atoms with Crippen LogP contribution in [-0.4, -0.2) is 0 Å². The lowest BCUT2D eigenvalue weighted by Gasteiger charge is -2.20. The summed E-state index contributed by atoms with van der Waals surface area (Å²) in [5.41, 5.74) is 18.0. The van der Waals surface area contributed by atoms with E-state index in [2.05, 4.69) is 273 Å². The van der Waals surface area contributed by atoms with Crippen molar-refractivity contribution in [3.8, 4) is 66.8 Å². The molecule has 0 spiro atoms. The first-order valence-electron chi connectivity index (χ1n) is 27.5. The molecule has 0 N–H and O–H groups in total. The predicted octanol–water partition coefficient (Wildman–Crippen LogP) is 22.4. The summed E-state index contributed by atoms with van der Waals surface area (Å²) in [6.07, 6.45) is 0. The average molecular weight is 1020 g/mol. The van der Waals surface area contributed by atoms with Crippen molar-refractivity contribution in [2.75, 3.05) is 0 Å². The fraction of sp³-hybridized carbons (Fsp3) is 0. The summed E-state index contributed by atoms with van der Waals surface area (Å²) in [4.78, 5) is 0. The summed E-state index contributed by atoms with van der Waals surface area (Å²) in [5.74, 6) is 0. The Kier molecular flexibility index (Phi) is 9.75. The van der Waals surface area contributed by atoms with Gasteiger partial charge in [0.25, 0.3) is 0 Å². The minimum absolute atomic E-state index is 0.873. The van der Waals surface area contributed by atoms with Crippen LogP contribution in [0.5, 0.6) is 0 Å². The van der Waals surface area contributed by atoms with Gasteiger partial charge in [-0.25, -0.2) is 0 Å². The van der Waals surface area contributed by atoms with Crippen LogP contribution in [0.3, 0.4) is 0 Å². The number of hydrogen-bond donors (Lipinski definition) is 0. The van der Waals surface area contributed by atoms with Gasteiger partial charge in [0, 0.05) is 21.5 Å². The molecule has 0 aliphatic carbocycles. The van der Waals surface area contributed by atoms with Crippen molar-refractivity contribution in [3.63, 3.8) is 0 Å². The Bertz CT molecular complexity index is 5310. The number of fused-ring (bicyclic) bond motifs is 13. The zero-order chi connectivity index (χ0) is 52.4. The van der Waals surface area contributed by atoms with Gasteiger partial charge < -0.3 is 8.83 Å².